The second-order valence-electron chi connectivity index (χ2n) is 25.9. The van der Waals surface area contributed by atoms with Crippen LogP contribution in [0.2, 0.25) is 0 Å². The number of rotatable bonds is 11. The van der Waals surface area contributed by atoms with Crippen molar-refractivity contribution in [3.05, 3.63) is 11.6 Å². The first-order valence-electron chi connectivity index (χ1n) is 27.2. The summed E-state index contributed by atoms with van der Waals surface area (Å²) in [5.74, 6) is -2.22. The molecule has 0 spiro atoms. The summed E-state index contributed by atoms with van der Waals surface area (Å²) in [7, 11) is 0. The minimum Gasteiger partial charge on any atom is -0.479 e. The highest BCUT2D eigenvalue weighted by Crippen LogP contribution is 2.76. The molecule has 13 N–H and O–H groups in total. The molecule has 7 unspecified atom stereocenters. The SMILES string of the molecule is CC1(C)CCC2(C(=O)O[C@@H]3O[C@H](CO)[C@@H](O)[C@H](O)[C@H]3O)CC[C@]3(C)C(=CCC4C5(C)CCC(O[C@@H]6O[C@H](C(=O)O)[C@@H](O)[C@H](O[C@@H]7O[C@H](CO)[C@@H](O)[C@H](O)[C@H]7O)[C@H]6O[C@H]6OC[C@@H](O)[C@H](O)[C@H]6O)C(C)(C)C5CCC43C)C2C1. The van der Waals surface area contributed by atoms with Gasteiger partial charge >= 0.3 is 11.9 Å². The lowest BCUT2D eigenvalue weighted by atomic mass is 9.33. The molecule has 8 fully saturated rings. The Morgan fingerprint density at radius 1 is 0.605 bits per heavy atom. The maximum Gasteiger partial charge on any atom is 0.335 e. The fraction of sp³-hybridized carbons (Fsp3) is 0.925. The highest BCUT2D eigenvalue weighted by molar-refractivity contribution is 5.79. The van der Waals surface area contributed by atoms with Crippen molar-refractivity contribution >= 4 is 11.9 Å². The first-order valence-corrected chi connectivity index (χ1v) is 27.2. The van der Waals surface area contributed by atoms with E-state index >= 15 is 0 Å². The van der Waals surface area contributed by atoms with Crippen molar-refractivity contribution in [3.63, 3.8) is 0 Å². The molecule has 9 rings (SSSR count). The standard InChI is InChI=1S/C53H84O23/c1-48(2)14-16-53(47(68)76-45-37(64)34(61)32(59)26(20-55)71-45)17-15-51(6)22(23(53)18-48)8-9-28-50(5)12-11-29(49(3,4)27(50)10-13-52(28,51)7)72-46-41(75-43-35(62)30(57)24(56)21-69-43)39(38(65)40(74-46)42(66)67)73-44-36(63)33(60)31(58)25(19-54)70-44/h8,23-41,43-46,54-65H,9-21H2,1-7H3,(H,66,67)/t23?,24-,25-,26-,27?,28?,29?,30+,31-,32-,33+,34+,35-,36-,37-,38+,39+,40+,41-,43-,44+,45+,46-,50?,51-,52?,53?/m1/s1. The summed E-state index contributed by atoms with van der Waals surface area (Å²) in [6.45, 7) is 13.7. The van der Waals surface area contributed by atoms with Crippen LogP contribution in [0.4, 0.5) is 0 Å². The Kier molecular flexibility index (Phi) is 16.2. The molecule has 0 aromatic rings. The van der Waals surface area contributed by atoms with Crippen LogP contribution in [-0.4, -0.2) is 221 Å². The van der Waals surface area contributed by atoms with E-state index in [0.29, 0.717) is 44.9 Å². The molecular weight excluding hydrogens is 1000 g/mol. The first kappa shape index (κ1) is 58.6. The van der Waals surface area contributed by atoms with Gasteiger partial charge in [-0.15, -0.1) is 0 Å². The lowest BCUT2D eigenvalue weighted by molar-refractivity contribution is -0.391. The number of esters is 1. The number of carboxylic acid groups (broad SMARTS) is 1. The van der Waals surface area contributed by atoms with Gasteiger partial charge in [-0.3, -0.25) is 4.79 Å². The smallest absolute Gasteiger partial charge is 0.335 e. The normalized spacial score (nSPS) is 52.9. The zero-order valence-electron chi connectivity index (χ0n) is 44.4. The van der Waals surface area contributed by atoms with Crippen molar-refractivity contribution in [1.82, 2.24) is 0 Å². The van der Waals surface area contributed by atoms with Gasteiger partial charge in [0.1, 0.15) is 85.5 Å². The van der Waals surface area contributed by atoms with E-state index in [1.165, 1.54) is 5.57 Å². The number of carbonyl (C=O) groups is 2. The molecule has 434 valence electrons. The Morgan fingerprint density at radius 3 is 1.83 bits per heavy atom. The summed E-state index contributed by atoms with van der Waals surface area (Å²) in [4.78, 5) is 27.6. The Bertz CT molecular complexity index is 2140. The molecule has 76 heavy (non-hydrogen) atoms. The van der Waals surface area contributed by atoms with Crippen LogP contribution in [-0.2, 0) is 47.5 Å². The lowest BCUT2D eigenvalue weighted by Crippen LogP contribution is -2.68. The number of carboxylic acids is 1. The average Bonchev–Trinajstić information content (AvgIpc) is 3.53. The number of hydrogen-bond donors (Lipinski definition) is 13. The van der Waals surface area contributed by atoms with E-state index in [1.54, 1.807) is 0 Å². The molecule has 4 saturated heterocycles. The number of carbonyl (C=O) groups excluding carboxylic acids is 1. The first-order chi connectivity index (χ1) is 35.5. The number of aliphatic carboxylic acids is 1. The van der Waals surface area contributed by atoms with Gasteiger partial charge in [-0.1, -0.05) is 60.1 Å². The molecule has 23 nitrogen and oxygen atoms in total. The summed E-state index contributed by atoms with van der Waals surface area (Å²) in [5, 5.41) is 138. The van der Waals surface area contributed by atoms with Crippen molar-refractivity contribution in [2.75, 3.05) is 19.8 Å². The van der Waals surface area contributed by atoms with Crippen molar-refractivity contribution in [2.24, 2.45) is 50.2 Å². The van der Waals surface area contributed by atoms with Crippen LogP contribution in [0.3, 0.4) is 0 Å². The molecule has 0 bridgehead atoms. The van der Waals surface area contributed by atoms with Crippen LogP contribution in [0.5, 0.6) is 0 Å². The van der Waals surface area contributed by atoms with Gasteiger partial charge in [-0.2, -0.15) is 0 Å². The van der Waals surface area contributed by atoms with E-state index < -0.39 is 165 Å². The van der Waals surface area contributed by atoms with Gasteiger partial charge in [-0.25, -0.2) is 4.79 Å². The molecule has 0 aromatic heterocycles. The number of ether oxygens (including phenoxy) is 8. The Morgan fingerprint density at radius 2 is 1.20 bits per heavy atom. The second-order valence-corrected chi connectivity index (χ2v) is 25.9. The summed E-state index contributed by atoms with van der Waals surface area (Å²) < 4.78 is 48.1. The molecule has 0 amide bonds. The fourth-order valence-electron chi connectivity index (χ4n) is 16.2. The molecule has 0 aromatic carbocycles. The number of allylic oxidation sites excluding steroid dienone is 2. The van der Waals surface area contributed by atoms with E-state index in [9.17, 15) is 76.0 Å². The highest BCUT2D eigenvalue weighted by atomic mass is 16.8. The van der Waals surface area contributed by atoms with Crippen molar-refractivity contribution in [3.8, 4) is 0 Å². The number of aliphatic hydroxyl groups excluding tert-OH is 12. The monoisotopic (exact) mass is 1090 g/mol. The van der Waals surface area contributed by atoms with Crippen LogP contribution < -0.4 is 0 Å². The van der Waals surface area contributed by atoms with E-state index in [4.69, 9.17) is 37.9 Å². The molecule has 27 atom stereocenters. The van der Waals surface area contributed by atoms with Gasteiger partial charge in [0.25, 0.3) is 0 Å². The molecule has 9 aliphatic rings. The number of aliphatic hydroxyl groups is 12. The molecule has 0 radical (unpaired) electrons. The topological polar surface area (TPSA) is 371 Å². The summed E-state index contributed by atoms with van der Waals surface area (Å²) in [5.41, 5.74) is -1.43. The zero-order chi connectivity index (χ0) is 55.6. The second kappa shape index (κ2) is 21.0. The molecule has 4 saturated carbocycles. The molecule has 5 aliphatic carbocycles. The van der Waals surface area contributed by atoms with Gasteiger partial charge in [0.15, 0.2) is 25.0 Å². The van der Waals surface area contributed by atoms with Gasteiger partial charge in [0.05, 0.1) is 31.3 Å². The van der Waals surface area contributed by atoms with Crippen LogP contribution in [0.1, 0.15) is 113 Å². The van der Waals surface area contributed by atoms with Crippen LogP contribution in [0.15, 0.2) is 11.6 Å². The summed E-state index contributed by atoms with van der Waals surface area (Å²) >= 11 is 0. The highest BCUT2D eigenvalue weighted by Gasteiger charge is 2.70. The summed E-state index contributed by atoms with van der Waals surface area (Å²) in [6.07, 6.45) is -25.0. The van der Waals surface area contributed by atoms with Crippen molar-refractivity contribution in [2.45, 2.75) is 235 Å². The third-order valence-corrected chi connectivity index (χ3v) is 21.0. The molecule has 23 heteroatoms. The molecule has 4 aliphatic heterocycles. The molecular formula is C53H84O23. The predicted molar refractivity (Wildman–Crippen MR) is 257 cm³/mol. The Hall–Kier alpha value is -2.08. The van der Waals surface area contributed by atoms with Gasteiger partial charge in [-0.05, 0) is 109 Å². The average molecular weight is 1090 g/mol. The third-order valence-electron chi connectivity index (χ3n) is 21.0. The van der Waals surface area contributed by atoms with Crippen LogP contribution in [0, 0.1) is 50.2 Å². The van der Waals surface area contributed by atoms with E-state index in [0.717, 1.165) is 19.3 Å². The van der Waals surface area contributed by atoms with E-state index in [1.807, 2.05) is 0 Å². The van der Waals surface area contributed by atoms with Crippen LogP contribution in [0.25, 0.3) is 0 Å². The lowest BCUT2D eigenvalue weighted by Gasteiger charge is -2.71. The third kappa shape index (κ3) is 9.42. The van der Waals surface area contributed by atoms with Gasteiger partial charge < -0.3 is 104 Å². The number of hydrogen-bond acceptors (Lipinski definition) is 22. The van der Waals surface area contributed by atoms with Crippen LogP contribution >= 0.6 is 0 Å². The fourth-order valence-corrected chi connectivity index (χ4v) is 16.2. The minimum atomic E-state index is -2.10. The number of fused-ring (bicyclic) bond motifs is 7. The van der Waals surface area contributed by atoms with E-state index in [-0.39, 0.29) is 39.4 Å². The van der Waals surface area contributed by atoms with Crippen molar-refractivity contribution in [1.29, 1.82) is 0 Å². The zero-order valence-corrected chi connectivity index (χ0v) is 44.4. The minimum absolute atomic E-state index is 0.00491. The van der Waals surface area contributed by atoms with Gasteiger partial charge in [0.2, 0.25) is 6.29 Å². The predicted octanol–water partition coefficient (Wildman–Crippen LogP) is -1.30. The molecule has 4 heterocycles. The Balaban J connectivity index is 0.996. The maximum atomic E-state index is 14.8. The quantitative estimate of drug-likeness (QED) is 0.0649. The Labute approximate surface area is 442 Å². The van der Waals surface area contributed by atoms with Crippen molar-refractivity contribution < 1.29 is 114 Å². The largest absolute Gasteiger partial charge is 0.479 e. The van der Waals surface area contributed by atoms with Gasteiger partial charge in [0, 0.05) is 0 Å². The van der Waals surface area contributed by atoms with E-state index in [2.05, 4.69) is 54.5 Å². The maximum absolute atomic E-state index is 14.8. The summed E-state index contributed by atoms with van der Waals surface area (Å²) in [6, 6.07) is 0.